The van der Waals surface area contributed by atoms with Gasteiger partial charge in [0.25, 0.3) is 17.5 Å². The van der Waals surface area contributed by atoms with Gasteiger partial charge in [-0.05, 0) is 29.9 Å². The van der Waals surface area contributed by atoms with Gasteiger partial charge >= 0.3 is 0 Å². The Labute approximate surface area is 200 Å². The molecule has 1 aliphatic heterocycles. The fraction of sp³-hybridized carbons (Fsp3) is 0.0556. The van der Waals surface area contributed by atoms with Gasteiger partial charge in [0, 0.05) is 18.2 Å². The maximum Gasteiger partial charge on any atom is 0.285 e. The minimum atomic E-state index is -0.671. The summed E-state index contributed by atoms with van der Waals surface area (Å²) in [4.78, 5) is 35.4. The van der Waals surface area contributed by atoms with Crippen molar-refractivity contribution in [3.63, 3.8) is 0 Å². The number of nitro groups is 1. The molecule has 2 amide bonds. The average Bonchev–Trinajstić information content (AvgIpc) is 2.97. The van der Waals surface area contributed by atoms with E-state index in [1.165, 1.54) is 36.4 Å². The molecule has 0 aliphatic carbocycles. The number of nitro benzene ring substituents is 1. The van der Waals surface area contributed by atoms with Crippen LogP contribution in [-0.4, -0.2) is 32.7 Å². The fourth-order valence-electron chi connectivity index (χ4n) is 2.36. The number of hydrazine groups is 1. The molecule has 2 aromatic carbocycles. The number of nitrogens with zero attached hydrogens (tertiary/aromatic N) is 2. The third-order valence-electron chi connectivity index (χ3n) is 3.74. The van der Waals surface area contributed by atoms with Crippen molar-refractivity contribution < 1.29 is 19.2 Å². The lowest BCUT2D eigenvalue weighted by atomic mass is 10.2. The van der Waals surface area contributed by atoms with E-state index in [1.807, 2.05) is 0 Å². The minimum Gasteiger partial charge on any atom is -0.482 e. The SMILES string of the molecule is O=C(COc1cc(Cl)c(Cl)cc1Cl)NN1C(=O)C(=Cc2cccc([N+](=O)[O-])c2)SC1=S. The monoisotopic (exact) mass is 517 g/mol. The first-order chi connectivity index (χ1) is 14.7. The lowest BCUT2D eigenvalue weighted by molar-refractivity contribution is -0.384. The Balaban J connectivity index is 1.66. The number of thiocarbonyl (C=S) groups is 1. The van der Waals surface area contributed by atoms with Crippen LogP contribution in [-0.2, 0) is 9.59 Å². The molecule has 160 valence electrons. The molecule has 0 radical (unpaired) electrons. The number of amides is 2. The van der Waals surface area contributed by atoms with E-state index in [4.69, 9.17) is 51.8 Å². The molecular formula is C18H10Cl3N3O5S2. The van der Waals surface area contributed by atoms with Crippen LogP contribution in [0.25, 0.3) is 6.08 Å². The van der Waals surface area contributed by atoms with Gasteiger partial charge in [-0.2, -0.15) is 5.01 Å². The number of rotatable bonds is 6. The molecule has 0 aromatic heterocycles. The second-order valence-electron chi connectivity index (χ2n) is 5.89. The van der Waals surface area contributed by atoms with Crippen molar-refractivity contribution in [3.8, 4) is 5.75 Å². The molecule has 0 saturated carbocycles. The third-order valence-corrected chi connectivity index (χ3v) is 6.06. The normalized spacial score (nSPS) is 14.8. The molecule has 1 heterocycles. The van der Waals surface area contributed by atoms with E-state index in [1.54, 1.807) is 6.07 Å². The number of nitrogens with one attached hydrogen (secondary N) is 1. The van der Waals surface area contributed by atoms with Crippen LogP contribution in [0.2, 0.25) is 15.1 Å². The summed E-state index contributed by atoms with van der Waals surface area (Å²) in [6.45, 7) is -0.474. The molecule has 2 aromatic rings. The number of ether oxygens (including phenoxy) is 1. The van der Waals surface area contributed by atoms with Gasteiger partial charge in [-0.25, -0.2) is 0 Å². The van der Waals surface area contributed by atoms with Crippen LogP contribution >= 0.6 is 58.8 Å². The summed E-state index contributed by atoms with van der Waals surface area (Å²) in [5, 5.41) is 12.4. The molecule has 3 rings (SSSR count). The van der Waals surface area contributed by atoms with Crippen molar-refractivity contribution in [1.82, 2.24) is 10.4 Å². The molecule has 1 aliphatic rings. The lowest BCUT2D eigenvalue weighted by Crippen LogP contribution is -2.46. The van der Waals surface area contributed by atoms with Crippen LogP contribution < -0.4 is 10.2 Å². The first-order valence-corrected chi connectivity index (χ1v) is 10.6. The molecule has 0 unspecified atom stereocenters. The van der Waals surface area contributed by atoms with E-state index < -0.39 is 23.3 Å². The van der Waals surface area contributed by atoms with Gasteiger partial charge in [-0.15, -0.1) is 0 Å². The van der Waals surface area contributed by atoms with Crippen LogP contribution in [0.5, 0.6) is 5.75 Å². The summed E-state index contributed by atoms with van der Waals surface area (Å²) in [5.41, 5.74) is 2.67. The predicted molar refractivity (Wildman–Crippen MR) is 123 cm³/mol. The van der Waals surface area contributed by atoms with E-state index >= 15 is 0 Å². The molecule has 1 N–H and O–H groups in total. The van der Waals surface area contributed by atoms with Crippen LogP contribution in [0, 0.1) is 10.1 Å². The first kappa shape index (κ1) is 23.3. The Morgan fingerprint density at radius 3 is 2.65 bits per heavy atom. The molecule has 1 fully saturated rings. The molecular weight excluding hydrogens is 509 g/mol. The number of thioether (sulfide) groups is 1. The topological polar surface area (TPSA) is 102 Å². The van der Waals surface area contributed by atoms with Gasteiger partial charge in [0.15, 0.2) is 10.9 Å². The number of carbonyl (C=O) groups excluding carboxylic acids is 2. The second kappa shape index (κ2) is 9.84. The summed E-state index contributed by atoms with van der Waals surface area (Å²) >= 11 is 23.8. The van der Waals surface area contributed by atoms with Gasteiger partial charge in [-0.1, -0.05) is 58.7 Å². The average molecular weight is 519 g/mol. The maximum absolute atomic E-state index is 12.6. The Morgan fingerprint density at radius 2 is 1.94 bits per heavy atom. The van der Waals surface area contributed by atoms with Gasteiger partial charge < -0.3 is 4.74 Å². The molecule has 0 atom stereocenters. The van der Waals surface area contributed by atoms with Crippen LogP contribution in [0.1, 0.15) is 5.56 Å². The fourth-order valence-corrected chi connectivity index (χ4v) is 4.13. The van der Waals surface area contributed by atoms with Crippen LogP contribution in [0.4, 0.5) is 5.69 Å². The molecule has 13 heteroatoms. The van der Waals surface area contributed by atoms with Crippen molar-refractivity contribution in [2.24, 2.45) is 0 Å². The van der Waals surface area contributed by atoms with Crippen molar-refractivity contribution >= 4 is 86.7 Å². The second-order valence-corrected chi connectivity index (χ2v) is 8.79. The lowest BCUT2D eigenvalue weighted by Gasteiger charge is -2.16. The highest BCUT2D eigenvalue weighted by Crippen LogP contribution is 2.34. The summed E-state index contributed by atoms with van der Waals surface area (Å²) in [7, 11) is 0. The highest BCUT2D eigenvalue weighted by Gasteiger charge is 2.33. The molecule has 0 bridgehead atoms. The van der Waals surface area contributed by atoms with Gasteiger partial charge in [0.05, 0.1) is 24.9 Å². The Morgan fingerprint density at radius 1 is 1.23 bits per heavy atom. The van der Waals surface area contributed by atoms with E-state index in [0.717, 1.165) is 16.8 Å². The van der Waals surface area contributed by atoms with Gasteiger partial charge in [0.1, 0.15) is 5.75 Å². The summed E-state index contributed by atoms with van der Waals surface area (Å²) < 4.78 is 5.41. The molecule has 0 spiro atoms. The summed E-state index contributed by atoms with van der Waals surface area (Å²) in [6, 6.07) is 8.49. The molecule has 8 nitrogen and oxygen atoms in total. The first-order valence-electron chi connectivity index (χ1n) is 8.25. The number of halogens is 3. The van der Waals surface area contributed by atoms with E-state index in [9.17, 15) is 19.7 Å². The number of non-ortho nitro benzene ring substituents is 1. The smallest absolute Gasteiger partial charge is 0.285 e. The Bertz CT molecular complexity index is 1140. The number of carbonyl (C=O) groups is 2. The third kappa shape index (κ3) is 5.66. The Kier molecular flexibility index (Phi) is 7.39. The summed E-state index contributed by atoms with van der Waals surface area (Å²) in [5.74, 6) is -1.11. The van der Waals surface area contributed by atoms with Gasteiger partial charge in [0.2, 0.25) is 0 Å². The number of benzene rings is 2. The number of hydrogen-bond donors (Lipinski definition) is 1. The van der Waals surface area contributed by atoms with E-state index in [0.29, 0.717) is 5.56 Å². The maximum atomic E-state index is 12.6. The zero-order valence-electron chi connectivity index (χ0n) is 15.1. The van der Waals surface area contributed by atoms with Crippen molar-refractivity contribution in [2.75, 3.05) is 6.61 Å². The number of hydrogen-bond acceptors (Lipinski definition) is 7. The molecule has 1 saturated heterocycles. The predicted octanol–water partition coefficient (Wildman–Crippen LogP) is 4.87. The van der Waals surface area contributed by atoms with Gasteiger partial charge in [-0.3, -0.25) is 25.1 Å². The highest BCUT2D eigenvalue weighted by atomic mass is 35.5. The van der Waals surface area contributed by atoms with E-state index in [-0.39, 0.29) is 35.7 Å². The van der Waals surface area contributed by atoms with Crippen LogP contribution in [0.15, 0.2) is 41.3 Å². The van der Waals surface area contributed by atoms with E-state index in [2.05, 4.69) is 5.43 Å². The highest BCUT2D eigenvalue weighted by molar-refractivity contribution is 8.26. The zero-order chi connectivity index (χ0) is 22.7. The minimum absolute atomic E-state index is 0.0857. The Hall–Kier alpha value is -2.37. The van der Waals surface area contributed by atoms with Crippen LogP contribution in [0.3, 0.4) is 0 Å². The van der Waals surface area contributed by atoms with Crippen molar-refractivity contribution in [1.29, 1.82) is 0 Å². The largest absolute Gasteiger partial charge is 0.482 e. The molecule has 31 heavy (non-hydrogen) atoms. The quantitative estimate of drug-likeness (QED) is 0.191. The standard InChI is InChI=1S/C18H10Cl3N3O5S2/c19-11-6-13(21)14(7-12(11)20)29-8-16(25)22-23-17(26)15(31-18(23)30)5-9-2-1-3-10(4-9)24(27)28/h1-7H,8H2,(H,22,25). The van der Waals surface area contributed by atoms with Crippen molar-refractivity contribution in [3.05, 3.63) is 72.0 Å². The van der Waals surface area contributed by atoms with Crippen molar-refractivity contribution in [2.45, 2.75) is 0 Å². The zero-order valence-corrected chi connectivity index (χ0v) is 19.0. The summed E-state index contributed by atoms with van der Waals surface area (Å²) in [6.07, 6.45) is 1.45.